The van der Waals surface area contributed by atoms with Crippen LogP contribution in [-0.4, -0.2) is 32.7 Å². The van der Waals surface area contributed by atoms with Crippen LogP contribution in [-0.2, 0) is 9.53 Å². The van der Waals surface area contributed by atoms with Gasteiger partial charge in [-0.15, -0.1) is 0 Å². The number of amides is 1. The summed E-state index contributed by atoms with van der Waals surface area (Å²) in [6.45, 7) is 6.66. The predicted octanol–water partition coefficient (Wildman–Crippen LogP) is 2.75. The molecule has 1 aromatic carbocycles. The van der Waals surface area contributed by atoms with Crippen LogP contribution in [0, 0.1) is 5.92 Å². The zero-order valence-corrected chi connectivity index (χ0v) is 13.3. The van der Waals surface area contributed by atoms with E-state index >= 15 is 0 Å². The van der Waals surface area contributed by atoms with Gasteiger partial charge >= 0.3 is 0 Å². The Morgan fingerprint density at radius 1 is 1.33 bits per heavy atom. The number of anilines is 1. The van der Waals surface area contributed by atoms with Gasteiger partial charge < -0.3 is 15.0 Å². The van der Waals surface area contributed by atoms with Crippen molar-refractivity contribution >= 4 is 11.6 Å². The molecule has 2 rings (SSSR count). The summed E-state index contributed by atoms with van der Waals surface area (Å²) in [5.74, 6) is 0.836. The van der Waals surface area contributed by atoms with Gasteiger partial charge in [0.15, 0.2) is 0 Å². The molecule has 116 valence electrons. The number of hydrogen-bond donors (Lipinski definition) is 1. The molecule has 4 heteroatoms. The van der Waals surface area contributed by atoms with Crippen LogP contribution in [0.25, 0.3) is 0 Å². The Labute approximate surface area is 127 Å². The van der Waals surface area contributed by atoms with Crippen LogP contribution < -0.4 is 10.2 Å². The van der Waals surface area contributed by atoms with Gasteiger partial charge in [0.05, 0.1) is 6.61 Å². The molecule has 1 amide bonds. The molecule has 0 fully saturated rings. The molecule has 1 heterocycles. The first-order valence-corrected chi connectivity index (χ1v) is 7.76. The standard InChI is InChI=1S/C17H26N2O2/c1-13(2)8-10-21-11-9-18-15-12-17(20)19(3)16-7-5-4-6-14(15)16/h4-7,13,15,18H,8-12H2,1-3H3. The van der Waals surface area contributed by atoms with Crippen LogP contribution in [0.3, 0.4) is 0 Å². The maximum absolute atomic E-state index is 12.0. The highest BCUT2D eigenvalue weighted by Gasteiger charge is 2.28. The lowest BCUT2D eigenvalue weighted by atomic mass is 9.96. The molecule has 0 bridgehead atoms. The fourth-order valence-corrected chi connectivity index (χ4v) is 2.55. The predicted molar refractivity (Wildman–Crippen MR) is 85.5 cm³/mol. The Morgan fingerprint density at radius 3 is 2.86 bits per heavy atom. The van der Waals surface area contributed by atoms with Gasteiger partial charge in [0.1, 0.15) is 0 Å². The number of hydrogen-bond acceptors (Lipinski definition) is 3. The van der Waals surface area contributed by atoms with Gasteiger partial charge in [-0.3, -0.25) is 4.79 Å². The molecule has 1 unspecified atom stereocenters. The molecule has 1 atom stereocenters. The minimum Gasteiger partial charge on any atom is -0.380 e. The summed E-state index contributed by atoms with van der Waals surface area (Å²) in [4.78, 5) is 13.8. The lowest BCUT2D eigenvalue weighted by Gasteiger charge is -2.32. The third-order valence-corrected chi connectivity index (χ3v) is 3.90. The largest absolute Gasteiger partial charge is 0.380 e. The van der Waals surface area contributed by atoms with Crippen LogP contribution in [0.2, 0.25) is 0 Å². The highest BCUT2D eigenvalue weighted by atomic mass is 16.5. The molecular formula is C17H26N2O2. The van der Waals surface area contributed by atoms with Crippen molar-refractivity contribution in [1.29, 1.82) is 0 Å². The third-order valence-electron chi connectivity index (χ3n) is 3.90. The van der Waals surface area contributed by atoms with E-state index < -0.39 is 0 Å². The smallest absolute Gasteiger partial charge is 0.228 e. The number of para-hydroxylation sites is 1. The van der Waals surface area contributed by atoms with Crippen molar-refractivity contribution in [2.24, 2.45) is 5.92 Å². The average molecular weight is 290 g/mol. The van der Waals surface area contributed by atoms with Crippen molar-refractivity contribution in [3.05, 3.63) is 29.8 Å². The van der Waals surface area contributed by atoms with Crippen molar-refractivity contribution in [3.8, 4) is 0 Å². The molecule has 0 spiro atoms. The van der Waals surface area contributed by atoms with E-state index in [1.807, 2.05) is 25.2 Å². The highest BCUT2D eigenvalue weighted by Crippen LogP contribution is 2.33. The summed E-state index contributed by atoms with van der Waals surface area (Å²) in [7, 11) is 1.84. The third kappa shape index (κ3) is 4.29. The lowest BCUT2D eigenvalue weighted by molar-refractivity contribution is -0.119. The van der Waals surface area contributed by atoms with E-state index in [4.69, 9.17) is 4.74 Å². The topological polar surface area (TPSA) is 41.6 Å². The van der Waals surface area contributed by atoms with Crippen molar-refractivity contribution in [2.75, 3.05) is 31.7 Å². The normalized spacial score (nSPS) is 18.2. The summed E-state index contributed by atoms with van der Waals surface area (Å²) in [6, 6.07) is 8.19. The fraction of sp³-hybridized carbons (Fsp3) is 0.588. The fourth-order valence-electron chi connectivity index (χ4n) is 2.55. The number of carbonyl (C=O) groups excluding carboxylic acids is 1. The number of nitrogens with one attached hydrogen (secondary N) is 1. The summed E-state index contributed by atoms with van der Waals surface area (Å²) < 4.78 is 5.61. The number of ether oxygens (including phenoxy) is 1. The van der Waals surface area contributed by atoms with Crippen LogP contribution in [0.5, 0.6) is 0 Å². The van der Waals surface area contributed by atoms with Gasteiger partial charge in [-0.2, -0.15) is 0 Å². The van der Waals surface area contributed by atoms with Gasteiger partial charge in [0.25, 0.3) is 0 Å². The van der Waals surface area contributed by atoms with Gasteiger partial charge in [-0.25, -0.2) is 0 Å². The molecule has 1 aliphatic heterocycles. The monoisotopic (exact) mass is 290 g/mol. The van der Waals surface area contributed by atoms with E-state index in [9.17, 15) is 4.79 Å². The Balaban J connectivity index is 1.84. The van der Waals surface area contributed by atoms with E-state index in [2.05, 4.69) is 25.2 Å². The molecule has 1 aliphatic rings. The number of rotatable bonds is 7. The van der Waals surface area contributed by atoms with Crippen molar-refractivity contribution < 1.29 is 9.53 Å². The molecule has 0 radical (unpaired) electrons. The Hall–Kier alpha value is -1.39. The van der Waals surface area contributed by atoms with Gasteiger partial charge in [0, 0.05) is 38.3 Å². The zero-order valence-electron chi connectivity index (χ0n) is 13.3. The van der Waals surface area contributed by atoms with Crippen LogP contribution in [0.15, 0.2) is 24.3 Å². The summed E-state index contributed by atoms with van der Waals surface area (Å²) in [5.41, 5.74) is 2.20. The van der Waals surface area contributed by atoms with Crippen molar-refractivity contribution in [2.45, 2.75) is 32.7 Å². The molecule has 0 aliphatic carbocycles. The summed E-state index contributed by atoms with van der Waals surface area (Å²) in [6.07, 6.45) is 1.61. The summed E-state index contributed by atoms with van der Waals surface area (Å²) >= 11 is 0. The minimum atomic E-state index is 0.0959. The molecule has 21 heavy (non-hydrogen) atoms. The van der Waals surface area contributed by atoms with Gasteiger partial charge in [0.2, 0.25) is 5.91 Å². The second-order valence-corrected chi connectivity index (χ2v) is 6.02. The van der Waals surface area contributed by atoms with E-state index in [1.165, 1.54) is 5.56 Å². The molecule has 0 saturated heterocycles. The maximum Gasteiger partial charge on any atom is 0.228 e. The van der Waals surface area contributed by atoms with E-state index in [0.29, 0.717) is 18.9 Å². The van der Waals surface area contributed by atoms with Crippen molar-refractivity contribution in [1.82, 2.24) is 5.32 Å². The Kier molecular flexibility index (Phi) is 5.76. The first-order valence-electron chi connectivity index (χ1n) is 7.76. The quantitative estimate of drug-likeness (QED) is 0.785. The number of nitrogens with zero attached hydrogens (tertiary/aromatic N) is 1. The van der Waals surface area contributed by atoms with E-state index in [0.717, 1.165) is 25.3 Å². The summed E-state index contributed by atoms with van der Waals surface area (Å²) in [5, 5.41) is 3.44. The van der Waals surface area contributed by atoms with E-state index in [1.54, 1.807) is 4.90 Å². The number of carbonyl (C=O) groups is 1. The first kappa shape index (κ1) is 16.0. The zero-order chi connectivity index (χ0) is 15.2. The average Bonchev–Trinajstić information content (AvgIpc) is 2.47. The van der Waals surface area contributed by atoms with Gasteiger partial charge in [-0.05, 0) is 24.0 Å². The number of benzene rings is 1. The number of fused-ring (bicyclic) bond motifs is 1. The van der Waals surface area contributed by atoms with Crippen LogP contribution in [0.4, 0.5) is 5.69 Å². The molecule has 0 aromatic heterocycles. The van der Waals surface area contributed by atoms with Gasteiger partial charge in [-0.1, -0.05) is 32.0 Å². The first-order chi connectivity index (χ1) is 10.1. The maximum atomic E-state index is 12.0. The molecular weight excluding hydrogens is 264 g/mol. The molecule has 1 aromatic rings. The second kappa shape index (κ2) is 7.57. The molecule has 1 N–H and O–H groups in total. The van der Waals surface area contributed by atoms with Crippen molar-refractivity contribution in [3.63, 3.8) is 0 Å². The highest BCUT2D eigenvalue weighted by molar-refractivity contribution is 5.96. The molecule has 0 saturated carbocycles. The Bertz CT molecular complexity index is 474. The second-order valence-electron chi connectivity index (χ2n) is 6.02. The van der Waals surface area contributed by atoms with Crippen LogP contribution in [0.1, 0.15) is 38.3 Å². The minimum absolute atomic E-state index is 0.0959. The van der Waals surface area contributed by atoms with E-state index in [-0.39, 0.29) is 11.9 Å². The Morgan fingerprint density at radius 2 is 2.10 bits per heavy atom. The lowest BCUT2D eigenvalue weighted by Crippen LogP contribution is -2.38. The van der Waals surface area contributed by atoms with Crippen LogP contribution >= 0.6 is 0 Å². The SMILES string of the molecule is CC(C)CCOCCNC1CC(=O)N(C)c2ccccc21. The molecule has 4 nitrogen and oxygen atoms in total.